The number of hydrogen-bond donors (Lipinski definition) is 5. The van der Waals surface area contributed by atoms with E-state index in [1.165, 1.54) is 66.7 Å². The maximum atomic E-state index is 12.1. The van der Waals surface area contributed by atoms with Crippen molar-refractivity contribution in [2.75, 3.05) is 5.73 Å². The van der Waals surface area contributed by atoms with Gasteiger partial charge in [0.1, 0.15) is 11.3 Å². The van der Waals surface area contributed by atoms with Crippen molar-refractivity contribution in [1.29, 1.82) is 0 Å². The summed E-state index contributed by atoms with van der Waals surface area (Å²) in [6.45, 7) is 0. The number of carboxylic acids is 1. The Hall–Kier alpha value is -4.25. The summed E-state index contributed by atoms with van der Waals surface area (Å²) >= 11 is 0. The molecule has 6 N–H and O–H groups in total. The first-order valence-electron chi connectivity index (χ1n) is 16.5. The summed E-state index contributed by atoms with van der Waals surface area (Å²) in [5.41, 5.74) is 9.90. The van der Waals surface area contributed by atoms with Crippen LogP contribution in [0.3, 0.4) is 0 Å². The van der Waals surface area contributed by atoms with Crippen molar-refractivity contribution < 1.29 is 40.9 Å². The maximum Gasteiger partial charge on any atom is 0.339 e. The smallest absolute Gasteiger partial charge is 0.339 e. The number of fused-ring (bicyclic) bond motifs is 2. The largest absolute Gasteiger partial charge is 0.507 e. The Balaban J connectivity index is 0.00000265. The van der Waals surface area contributed by atoms with Crippen LogP contribution in [-0.2, 0) is 20.2 Å². The fraction of sp³-hybridized carbons (Fsp3) is 0. The third-order valence-electron chi connectivity index (χ3n) is 8.63. The van der Waals surface area contributed by atoms with Gasteiger partial charge in [-0.3, -0.25) is 9.11 Å². The Labute approximate surface area is 408 Å². The number of phenols is 1. The Morgan fingerprint density at radius 1 is 0.467 bits per heavy atom. The molecule has 0 aliphatic carbocycles. The standard InChI is InChI=1S/C39H27N7O9S2.3Na/c40-34-14-15-36(31-20-27(56(50,51)52)10-12-29(31)34)45-46-37-17-16-35(30-13-11-28(21-32(30)37)57(53,54)55)44-42-25-7-3-23(4-8-25)22-1-5-24(6-2-22)41-43-26-9-18-38(47)33(19-26)39(48)49;;;/h1-21,47H,40H2,(H,48,49)(H,50,51,52)(H,53,54,55);;;. The van der Waals surface area contributed by atoms with E-state index in [4.69, 9.17) is 5.73 Å². The summed E-state index contributed by atoms with van der Waals surface area (Å²) in [7, 11) is -9.14. The molecule has 3 radical (unpaired) electrons. The molecule has 60 heavy (non-hydrogen) atoms. The number of aromatic carboxylic acids is 1. The molecule has 0 saturated heterocycles. The van der Waals surface area contributed by atoms with Gasteiger partial charge >= 0.3 is 5.97 Å². The van der Waals surface area contributed by atoms with Gasteiger partial charge in [-0.1, -0.05) is 36.4 Å². The molecule has 7 rings (SSSR count). The van der Waals surface area contributed by atoms with Gasteiger partial charge in [0.25, 0.3) is 20.2 Å². The summed E-state index contributed by atoms with van der Waals surface area (Å²) in [6.07, 6.45) is 0. The van der Waals surface area contributed by atoms with Crippen LogP contribution in [0.5, 0.6) is 5.75 Å². The number of nitrogens with two attached hydrogens (primary N) is 1. The zero-order valence-electron chi connectivity index (χ0n) is 32.0. The predicted molar refractivity (Wildman–Crippen MR) is 229 cm³/mol. The van der Waals surface area contributed by atoms with Crippen LogP contribution in [0.25, 0.3) is 32.7 Å². The molecule has 0 saturated carbocycles. The number of aromatic hydroxyl groups is 1. The summed E-state index contributed by atoms with van der Waals surface area (Å²) in [6, 6.07) is 32.2. The Bertz CT molecular complexity index is 3080. The van der Waals surface area contributed by atoms with Crippen molar-refractivity contribution in [3.05, 3.63) is 133 Å². The Morgan fingerprint density at radius 2 is 0.867 bits per heavy atom. The topological polar surface area (TPSA) is 266 Å². The summed E-state index contributed by atoms with van der Waals surface area (Å²) in [5, 5.41) is 45.9. The number of nitrogens with zero attached hydrogens (tertiary/aromatic N) is 6. The molecule has 0 atom stereocenters. The zero-order valence-corrected chi connectivity index (χ0v) is 39.7. The number of carbonyl (C=O) groups is 1. The van der Waals surface area contributed by atoms with Crippen molar-refractivity contribution >= 4 is 176 Å². The molecule has 0 bridgehead atoms. The van der Waals surface area contributed by atoms with E-state index < -0.39 is 31.1 Å². The molecule has 0 fully saturated rings. The second-order valence-corrected chi connectivity index (χ2v) is 15.2. The molecule has 21 heteroatoms. The molecule has 0 aliphatic heterocycles. The third kappa shape index (κ3) is 11.2. The molecule has 0 aliphatic rings. The van der Waals surface area contributed by atoms with E-state index in [0.29, 0.717) is 33.5 Å². The van der Waals surface area contributed by atoms with Crippen LogP contribution in [0.15, 0.2) is 168 Å². The SMILES string of the molecule is Nc1ccc(N=Nc2ccc(N=Nc3ccc(-c4ccc(N=Nc5ccc(O)c(C(=O)O)c5)cc4)cc3)c3ccc(S(=O)(=O)O)cc23)c2cc(S(=O)(=O)O)ccc12.[Na].[Na].[Na]. The van der Waals surface area contributed by atoms with Gasteiger partial charge in [-0.2, -0.15) is 32.2 Å². The molecule has 0 spiro atoms. The van der Waals surface area contributed by atoms with E-state index in [1.54, 1.807) is 36.4 Å². The van der Waals surface area contributed by atoms with E-state index >= 15 is 0 Å². The van der Waals surface area contributed by atoms with E-state index in [1.807, 2.05) is 24.3 Å². The van der Waals surface area contributed by atoms with Crippen LogP contribution < -0.4 is 5.73 Å². The van der Waals surface area contributed by atoms with E-state index in [2.05, 4.69) is 30.7 Å². The normalized spacial score (nSPS) is 11.8. The van der Waals surface area contributed by atoms with Gasteiger partial charge in [-0.25, -0.2) is 4.79 Å². The first kappa shape index (κ1) is 48.4. The monoisotopic (exact) mass is 870 g/mol. The summed E-state index contributed by atoms with van der Waals surface area (Å²) in [5.74, 6) is -1.65. The number of nitrogen functional groups attached to an aromatic ring is 1. The molecule has 7 aromatic carbocycles. The molecule has 0 unspecified atom stereocenters. The summed E-state index contributed by atoms with van der Waals surface area (Å²) < 4.78 is 67.1. The van der Waals surface area contributed by atoms with Gasteiger partial charge in [0.2, 0.25) is 0 Å². The van der Waals surface area contributed by atoms with Gasteiger partial charge in [0.15, 0.2) is 0 Å². The number of carboxylic acid groups (broad SMARTS) is 1. The average Bonchev–Trinajstić information content (AvgIpc) is 3.19. The fourth-order valence-electron chi connectivity index (χ4n) is 5.75. The minimum atomic E-state index is -4.60. The quantitative estimate of drug-likeness (QED) is 0.0376. The van der Waals surface area contributed by atoms with Crippen molar-refractivity contribution in [2.24, 2.45) is 30.7 Å². The van der Waals surface area contributed by atoms with Crippen LogP contribution in [0.2, 0.25) is 0 Å². The molecular formula is C39H27N7Na3O9S2. The Kier molecular flexibility index (Phi) is 16.2. The van der Waals surface area contributed by atoms with Crippen LogP contribution in [0.1, 0.15) is 10.4 Å². The van der Waals surface area contributed by atoms with Crippen LogP contribution in [0.4, 0.5) is 39.8 Å². The molecule has 0 amide bonds. The van der Waals surface area contributed by atoms with Gasteiger partial charge in [-0.05, 0) is 102 Å². The van der Waals surface area contributed by atoms with Crippen LogP contribution in [0, 0.1) is 0 Å². The van der Waals surface area contributed by atoms with Gasteiger partial charge < -0.3 is 15.9 Å². The molecular weight excluding hydrogens is 844 g/mol. The van der Waals surface area contributed by atoms with Crippen LogP contribution in [-0.4, -0.2) is 131 Å². The number of anilines is 1. The third-order valence-corrected chi connectivity index (χ3v) is 10.3. The first-order chi connectivity index (χ1) is 27.1. The second kappa shape index (κ2) is 20.1. The van der Waals surface area contributed by atoms with Crippen molar-refractivity contribution in [2.45, 2.75) is 9.79 Å². The van der Waals surface area contributed by atoms with Crippen molar-refractivity contribution in [3.63, 3.8) is 0 Å². The van der Waals surface area contributed by atoms with E-state index in [-0.39, 0.29) is 133 Å². The van der Waals surface area contributed by atoms with E-state index in [9.17, 15) is 40.9 Å². The van der Waals surface area contributed by atoms with E-state index in [0.717, 1.165) is 11.1 Å². The second-order valence-electron chi connectivity index (χ2n) is 12.3. The summed E-state index contributed by atoms with van der Waals surface area (Å²) in [4.78, 5) is 10.5. The van der Waals surface area contributed by atoms with Crippen LogP contribution >= 0.6 is 0 Å². The number of hydrogen-bond acceptors (Lipinski definition) is 13. The number of rotatable bonds is 10. The maximum absolute atomic E-state index is 12.1. The number of azo groups is 3. The van der Waals surface area contributed by atoms with Gasteiger partial charge in [0.05, 0.1) is 43.9 Å². The van der Waals surface area contributed by atoms with Crippen molar-refractivity contribution in [3.8, 4) is 16.9 Å². The predicted octanol–water partition coefficient (Wildman–Crippen LogP) is 9.24. The van der Waals surface area contributed by atoms with Crippen molar-refractivity contribution in [1.82, 2.24) is 0 Å². The molecule has 7 aromatic rings. The van der Waals surface area contributed by atoms with Gasteiger partial charge in [0, 0.05) is 116 Å². The van der Waals surface area contributed by atoms with Gasteiger partial charge in [-0.15, -0.1) is 15.3 Å². The molecule has 0 aromatic heterocycles. The minimum Gasteiger partial charge on any atom is -0.507 e. The number of benzene rings is 7. The fourth-order valence-corrected chi connectivity index (χ4v) is 6.76. The Morgan fingerprint density at radius 3 is 1.37 bits per heavy atom. The minimum absolute atomic E-state index is 0. The first-order valence-corrected chi connectivity index (χ1v) is 19.4. The molecule has 16 nitrogen and oxygen atoms in total. The molecule has 287 valence electrons. The average molecular weight is 871 g/mol. The molecule has 0 heterocycles. The zero-order chi connectivity index (χ0) is 40.5.